The molecule has 0 bridgehead atoms. The number of carbonyl (C=O) groups excluding carboxylic acids is 1. The molecule has 2 nitrogen and oxygen atoms in total. The number of benzene rings is 1. The molecule has 0 aliphatic carbocycles. The smallest absolute Gasteiger partial charge is 0.155 e. The van der Waals surface area contributed by atoms with Gasteiger partial charge in [0.1, 0.15) is 5.75 Å². The maximum Gasteiger partial charge on any atom is 0.155 e. The van der Waals surface area contributed by atoms with Gasteiger partial charge in [0.25, 0.3) is 0 Å². The van der Waals surface area contributed by atoms with Crippen molar-refractivity contribution in [1.82, 2.24) is 0 Å². The highest BCUT2D eigenvalue weighted by atomic mass is 79.9. The second-order valence-electron chi connectivity index (χ2n) is 2.57. The topological polar surface area (TPSA) is 37.3 Å². The first-order chi connectivity index (χ1) is 6.24. The Morgan fingerprint density at radius 2 is 2.31 bits per heavy atom. The van der Waals surface area contributed by atoms with Crippen LogP contribution in [0.25, 0.3) is 10.1 Å². The molecule has 1 N–H and O–H groups in total. The molecule has 0 radical (unpaired) electrons. The summed E-state index contributed by atoms with van der Waals surface area (Å²) in [6, 6.07) is 3.45. The summed E-state index contributed by atoms with van der Waals surface area (Å²) in [4.78, 5) is 10.7. The number of aromatic hydroxyl groups is 1. The number of hydrogen-bond acceptors (Lipinski definition) is 3. The third kappa shape index (κ3) is 1.26. The van der Waals surface area contributed by atoms with E-state index in [2.05, 4.69) is 15.9 Å². The number of phenols is 1. The van der Waals surface area contributed by atoms with Crippen molar-refractivity contribution in [3.05, 3.63) is 27.5 Å². The number of fused-ring (bicyclic) bond motifs is 1. The van der Waals surface area contributed by atoms with Crippen LogP contribution in [0.3, 0.4) is 0 Å². The fourth-order valence-electron chi connectivity index (χ4n) is 1.21. The largest absolute Gasteiger partial charge is 0.507 e. The van der Waals surface area contributed by atoms with Gasteiger partial charge in [0.05, 0.1) is 5.56 Å². The average Bonchev–Trinajstić information content (AvgIpc) is 2.53. The molecule has 0 fully saturated rings. The van der Waals surface area contributed by atoms with Gasteiger partial charge >= 0.3 is 0 Å². The number of hydrogen-bond donors (Lipinski definition) is 1. The van der Waals surface area contributed by atoms with Crippen LogP contribution < -0.4 is 0 Å². The summed E-state index contributed by atoms with van der Waals surface area (Å²) < 4.78 is 1.63. The quantitative estimate of drug-likeness (QED) is 0.796. The van der Waals surface area contributed by atoms with Crippen molar-refractivity contribution in [3.63, 3.8) is 0 Å². The Balaban J connectivity index is 2.96. The highest BCUT2D eigenvalue weighted by Crippen LogP contribution is 2.35. The van der Waals surface area contributed by atoms with Gasteiger partial charge in [-0.1, -0.05) is 0 Å². The van der Waals surface area contributed by atoms with Crippen LogP contribution in [0.5, 0.6) is 5.75 Å². The number of rotatable bonds is 1. The minimum atomic E-state index is 0.0248. The second-order valence-corrected chi connectivity index (χ2v) is 4.34. The molecule has 0 aliphatic heterocycles. The molecule has 66 valence electrons. The van der Waals surface area contributed by atoms with Crippen LogP contribution in [0.1, 0.15) is 10.4 Å². The van der Waals surface area contributed by atoms with Crippen molar-refractivity contribution in [1.29, 1.82) is 0 Å². The van der Waals surface area contributed by atoms with Crippen molar-refractivity contribution in [2.75, 3.05) is 0 Å². The van der Waals surface area contributed by atoms with Crippen LogP contribution in [-0.2, 0) is 0 Å². The maximum absolute atomic E-state index is 10.7. The minimum absolute atomic E-state index is 0.0248. The van der Waals surface area contributed by atoms with Crippen molar-refractivity contribution < 1.29 is 9.90 Å². The third-order valence-corrected chi connectivity index (χ3v) is 3.43. The molecule has 2 rings (SSSR count). The van der Waals surface area contributed by atoms with E-state index in [-0.39, 0.29) is 5.75 Å². The van der Waals surface area contributed by atoms with Gasteiger partial charge in [-0.2, -0.15) is 0 Å². The number of halogens is 1. The summed E-state index contributed by atoms with van der Waals surface area (Å²) in [6.45, 7) is 0. The van der Waals surface area contributed by atoms with E-state index in [4.69, 9.17) is 0 Å². The van der Waals surface area contributed by atoms with Gasteiger partial charge < -0.3 is 5.11 Å². The number of carbonyl (C=O) groups is 1. The van der Waals surface area contributed by atoms with Gasteiger partial charge in [0.15, 0.2) is 6.29 Å². The van der Waals surface area contributed by atoms with Crippen molar-refractivity contribution in [2.24, 2.45) is 0 Å². The first-order valence-electron chi connectivity index (χ1n) is 3.58. The van der Waals surface area contributed by atoms with Gasteiger partial charge in [-0.15, -0.1) is 11.3 Å². The van der Waals surface area contributed by atoms with E-state index in [0.29, 0.717) is 11.8 Å². The van der Waals surface area contributed by atoms with E-state index < -0.39 is 0 Å². The first-order valence-corrected chi connectivity index (χ1v) is 5.25. The monoisotopic (exact) mass is 256 g/mol. The highest BCUT2D eigenvalue weighted by Gasteiger charge is 2.10. The molecular formula is C9H5BrO2S. The minimum Gasteiger partial charge on any atom is -0.507 e. The summed E-state index contributed by atoms with van der Waals surface area (Å²) in [5.74, 6) is 0.0248. The van der Waals surface area contributed by atoms with Crippen molar-refractivity contribution in [3.8, 4) is 5.75 Å². The van der Waals surface area contributed by atoms with Crippen LogP contribution in [0, 0.1) is 0 Å². The zero-order valence-corrected chi connectivity index (χ0v) is 8.85. The molecule has 0 saturated carbocycles. The molecule has 2 aromatic rings. The lowest BCUT2D eigenvalue weighted by Gasteiger charge is -2.00. The van der Waals surface area contributed by atoms with E-state index in [1.165, 1.54) is 11.3 Å². The SMILES string of the molecule is O=Cc1c(O)cc(Br)c2ccsc12. The molecular weight excluding hydrogens is 252 g/mol. The molecule has 0 spiro atoms. The Morgan fingerprint density at radius 1 is 1.54 bits per heavy atom. The first kappa shape index (κ1) is 8.72. The molecule has 0 aliphatic rings. The molecule has 1 heterocycles. The summed E-state index contributed by atoms with van der Waals surface area (Å²) in [5, 5.41) is 12.3. The van der Waals surface area contributed by atoms with Crippen LogP contribution in [0.15, 0.2) is 22.0 Å². The lowest BCUT2D eigenvalue weighted by molar-refractivity contribution is 0.112. The van der Waals surface area contributed by atoms with E-state index in [9.17, 15) is 9.90 Å². The fourth-order valence-corrected chi connectivity index (χ4v) is 2.81. The van der Waals surface area contributed by atoms with Gasteiger partial charge in [0.2, 0.25) is 0 Å². The molecule has 1 aromatic heterocycles. The summed E-state index contributed by atoms with van der Waals surface area (Å²) in [7, 11) is 0. The summed E-state index contributed by atoms with van der Waals surface area (Å²) in [5.41, 5.74) is 0.369. The molecule has 0 unspecified atom stereocenters. The van der Waals surface area contributed by atoms with Gasteiger partial charge in [-0.25, -0.2) is 0 Å². The Bertz CT molecular complexity index is 476. The van der Waals surface area contributed by atoms with E-state index in [0.717, 1.165) is 14.6 Å². The average molecular weight is 257 g/mol. The predicted molar refractivity (Wildman–Crippen MR) is 56.6 cm³/mol. The number of thiophene rings is 1. The molecule has 13 heavy (non-hydrogen) atoms. The molecule has 4 heteroatoms. The Morgan fingerprint density at radius 3 is 3.00 bits per heavy atom. The van der Waals surface area contributed by atoms with Crippen LogP contribution in [0.2, 0.25) is 0 Å². The van der Waals surface area contributed by atoms with Crippen LogP contribution in [-0.4, -0.2) is 11.4 Å². The highest BCUT2D eigenvalue weighted by molar-refractivity contribution is 9.10. The predicted octanol–water partition coefficient (Wildman–Crippen LogP) is 3.18. The zero-order chi connectivity index (χ0) is 9.42. The zero-order valence-electron chi connectivity index (χ0n) is 6.45. The van der Waals surface area contributed by atoms with E-state index >= 15 is 0 Å². The summed E-state index contributed by atoms with van der Waals surface area (Å²) >= 11 is 4.77. The van der Waals surface area contributed by atoms with Crippen molar-refractivity contribution >= 4 is 43.6 Å². The van der Waals surface area contributed by atoms with Gasteiger partial charge in [-0.05, 0) is 33.4 Å². The van der Waals surface area contributed by atoms with Crippen molar-refractivity contribution in [2.45, 2.75) is 0 Å². The van der Waals surface area contributed by atoms with Gasteiger partial charge in [-0.3, -0.25) is 4.79 Å². The summed E-state index contributed by atoms with van der Waals surface area (Å²) in [6.07, 6.45) is 0.681. The normalized spacial score (nSPS) is 10.5. The number of phenolic OH excluding ortho intramolecular Hbond substituents is 1. The Hall–Kier alpha value is -0.870. The number of aldehydes is 1. The van der Waals surface area contributed by atoms with Gasteiger partial charge in [0, 0.05) is 14.6 Å². The lowest BCUT2D eigenvalue weighted by atomic mass is 10.1. The fraction of sp³-hybridized carbons (Fsp3) is 0. The maximum atomic E-state index is 10.7. The standard InChI is InChI=1S/C9H5BrO2S/c10-7-3-8(12)6(4-11)9-5(7)1-2-13-9/h1-4,12H. The molecule has 0 amide bonds. The van der Waals surface area contributed by atoms with Crippen LogP contribution in [0.4, 0.5) is 0 Å². The Kier molecular flexibility index (Phi) is 2.09. The second kappa shape index (κ2) is 3.12. The third-order valence-electron chi connectivity index (χ3n) is 1.82. The Labute approximate surface area is 86.9 Å². The molecule has 1 aromatic carbocycles. The van der Waals surface area contributed by atoms with E-state index in [1.807, 2.05) is 11.4 Å². The molecule has 0 saturated heterocycles. The molecule has 0 atom stereocenters. The van der Waals surface area contributed by atoms with Crippen LogP contribution >= 0.6 is 27.3 Å². The van der Waals surface area contributed by atoms with E-state index in [1.54, 1.807) is 6.07 Å². The lowest BCUT2D eigenvalue weighted by Crippen LogP contribution is -1.81.